The van der Waals surface area contributed by atoms with Crippen LogP contribution >= 0.6 is 11.6 Å². The van der Waals surface area contributed by atoms with Crippen molar-refractivity contribution < 1.29 is 9.15 Å². The first-order valence-electron chi connectivity index (χ1n) is 5.56. The lowest BCUT2D eigenvalue weighted by Crippen LogP contribution is -1.93. The van der Waals surface area contributed by atoms with Crippen molar-refractivity contribution in [2.75, 3.05) is 19.5 Å². The molecular formula is C13H15ClN2O2. The lowest BCUT2D eigenvalue weighted by Gasteiger charge is -2.12. The van der Waals surface area contributed by atoms with Gasteiger partial charge in [0.15, 0.2) is 5.76 Å². The van der Waals surface area contributed by atoms with E-state index in [1.54, 1.807) is 20.4 Å². The zero-order valence-electron chi connectivity index (χ0n) is 10.8. The lowest BCUT2D eigenvalue weighted by molar-refractivity contribution is 0.414. The molecule has 0 unspecified atom stereocenters. The second kappa shape index (κ2) is 4.90. The van der Waals surface area contributed by atoms with Crippen molar-refractivity contribution in [3.63, 3.8) is 0 Å². The molecule has 0 aliphatic carbocycles. The molecule has 2 aromatic rings. The van der Waals surface area contributed by atoms with Crippen LogP contribution in [0.25, 0.3) is 11.3 Å². The van der Waals surface area contributed by atoms with E-state index >= 15 is 0 Å². The normalized spacial score (nSPS) is 10.5. The number of nitrogens with zero attached hydrogens (tertiary/aromatic N) is 1. The Hall–Kier alpha value is -1.68. The van der Waals surface area contributed by atoms with Crippen molar-refractivity contribution in [1.29, 1.82) is 0 Å². The van der Waals surface area contributed by atoms with Gasteiger partial charge in [-0.05, 0) is 31.0 Å². The molecule has 4 nitrogen and oxygen atoms in total. The number of rotatable bonds is 3. The summed E-state index contributed by atoms with van der Waals surface area (Å²) in [6.45, 7) is 3.88. The Morgan fingerprint density at radius 1 is 1.39 bits per heavy atom. The minimum Gasteiger partial charge on any atom is -0.496 e. The van der Waals surface area contributed by atoms with Crippen LogP contribution in [0.1, 0.15) is 11.1 Å². The van der Waals surface area contributed by atoms with Crippen molar-refractivity contribution in [1.82, 2.24) is 4.98 Å². The van der Waals surface area contributed by atoms with Crippen molar-refractivity contribution in [2.24, 2.45) is 0 Å². The molecule has 5 heteroatoms. The quantitative estimate of drug-likeness (QED) is 0.921. The monoisotopic (exact) mass is 266 g/mol. The summed E-state index contributed by atoms with van der Waals surface area (Å²) >= 11 is 6.27. The second-order valence-corrected chi connectivity index (χ2v) is 4.37. The largest absolute Gasteiger partial charge is 0.496 e. The number of nitrogens with one attached hydrogen (secondary N) is 1. The molecule has 0 saturated carbocycles. The van der Waals surface area contributed by atoms with Gasteiger partial charge in [0.05, 0.1) is 18.9 Å². The Morgan fingerprint density at radius 3 is 2.67 bits per heavy atom. The SMILES string of the molecule is CNc1ncc(-c2c(OC)cc(C)c(Cl)c2C)o1. The molecular weight excluding hydrogens is 252 g/mol. The zero-order chi connectivity index (χ0) is 13.3. The van der Waals surface area contributed by atoms with E-state index < -0.39 is 0 Å². The number of hydrogen-bond acceptors (Lipinski definition) is 4. The summed E-state index contributed by atoms with van der Waals surface area (Å²) in [6, 6.07) is 2.36. The summed E-state index contributed by atoms with van der Waals surface area (Å²) in [5.74, 6) is 1.36. The molecule has 0 atom stereocenters. The summed E-state index contributed by atoms with van der Waals surface area (Å²) in [4.78, 5) is 4.10. The predicted octanol–water partition coefficient (Wildman–Crippen LogP) is 3.66. The molecule has 0 aliphatic heterocycles. The first-order valence-corrected chi connectivity index (χ1v) is 5.94. The molecule has 1 N–H and O–H groups in total. The molecule has 2 rings (SSSR count). The number of oxazole rings is 1. The fourth-order valence-electron chi connectivity index (χ4n) is 1.89. The van der Waals surface area contributed by atoms with Crippen LogP contribution in [0.15, 0.2) is 16.7 Å². The van der Waals surface area contributed by atoms with Gasteiger partial charge in [-0.1, -0.05) is 11.6 Å². The predicted molar refractivity (Wildman–Crippen MR) is 72.5 cm³/mol. The van der Waals surface area contributed by atoms with Gasteiger partial charge >= 0.3 is 0 Å². The van der Waals surface area contributed by atoms with Crippen LogP contribution in [0.5, 0.6) is 5.75 Å². The maximum Gasteiger partial charge on any atom is 0.294 e. The van der Waals surface area contributed by atoms with E-state index in [2.05, 4.69) is 10.3 Å². The number of benzene rings is 1. The zero-order valence-corrected chi connectivity index (χ0v) is 11.6. The summed E-state index contributed by atoms with van der Waals surface area (Å²) in [7, 11) is 3.38. The minimum absolute atomic E-state index is 0.461. The number of methoxy groups -OCH3 is 1. The van der Waals surface area contributed by atoms with Gasteiger partial charge in [0.1, 0.15) is 5.75 Å². The molecule has 96 valence electrons. The summed E-state index contributed by atoms with van der Waals surface area (Å²) < 4.78 is 11.0. The fourth-order valence-corrected chi connectivity index (χ4v) is 2.04. The highest BCUT2D eigenvalue weighted by atomic mass is 35.5. The second-order valence-electron chi connectivity index (χ2n) is 3.99. The first-order chi connectivity index (χ1) is 8.58. The molecule has 0 spiro atoms. The topological polar surface area (TPSA) is 47.3 Å². The highest BCUT2D eigenvalue weighted by molar-refractivity contribution is 6.32. The van der Waals surface area contributed by atoms with Crippen LogP contribution < -0.4 is 10.1 Å². The van der Waals surface area contributed by atoms with Gasteiger partial charge in [-0.3, -0.25) is 0 Å². The Kier molecular flexibility index (Phi) is 3.48. The Balaban J connectivity index is 2.65. The number of ether oxygens (including phenoxy) is 1. The molecule has 0 bridgehead atoms. The Bertz CT molecular complexity index is 579. The maximum absolute atomic E-state index is 6.27. The summed E-state index contributed by atoms with van der Waals surface area (Å²) in [6.07, 6.45) is 1.66. The van der Waals surface area contributed by atoms with Crippen molar-refractivity contribution in [3.8, 4) is 17.1 Å². The average molecular weight is 267 g/mol. The average Bonchev–Trinajstić information content (AvgIpc) is 2.83. The molecule has 1 aromatic carbocycles. The van der Waals surface area contributed by atoms with E-state index in [9.17, 15) is 0 Å². The first kappa shape index (κ1) is 12.8. The molecule has 0 radical (unpaired) electrons. The Labute approximate surface area is 111 Å². The maximum atomic E-state index is 6.27. The molecule has 0 amide bonds. The lowest BCUT2D eigenvalue weighted by atomic mass is 10.0. The molecule has 0 saturated heterocycles. The van der Waals surface area contributed by atoms with Crippen LogP contribution in [0.3, 0.4) is 0 Å². The van der Waals surface area contributed by atoms with Gasteiger partial charge in [0.2, 0.25) is 0 Å². The van der Waals surface area contributed by atoms with E-state index in [1.165, 1.54) is 0 Å². The third-order valence-corrected chi connectivity index (χ3v) is 3.41. The van der Waals surface area contributed by atoms with E-state index in [1.807, 2.05) is 19.9 Å². The van der Waals surface area contributed by atoms with E-state index in [4.69, 9.17) is 20.8 Å². The fraction of sp³-hybridized carbons (Fsp3) is 0.308. The van der Waals surface area contributed by atoms with E-state index in [0.29, 0.717) is 16.8 Å². The van der Waals surface area contributed by atoms with Gasteiger partial charge in [-0.15, -0.1) is 0 Å². The molecule has 0 fully saturated rings. The number of hydrogen-bond donors (Lipinski definition) is 1. The molecule has 1 aromatic heterocycles. The number of anilines is 1. The highest BCUT2D eigenvalue weighted by Gasteiger charge is 2.17. The van der Waals surface area contributed by atoms with Crippen molar-refractivity contribution in [2.45, 2.75) is 13.8 Å². The van der Waals surface area contributed by atoms with Gasteiger partial charge < -0.3 is 14.5 Å². The molecule has 1 heterocycles. The summed E-state index contributed by atoms with van der Waals surface area (Å²) in [5, 5.41) is 3.56. The van der Waals surface area contributed by atoms with Gasteiger partial charge in [-0.25, -0.2) is 4.98 Å². The third kappa shape index (κ3) is 2.04. The van der Waals surface area contributed by atoms with Gasteiger partial charge in [-0.2, -0.15) is 0 Å². The third-order valence-electron chi connectivity index (χ3n) is 2.83. The smallest absolute Gasteiger partial charge is 0.294 e. The highest BCUT2D eigenvalue weighted by Crippen LogP contribution is 2.39. The van der Waals surface area contributed by atoms with Crippen LogP contribution in [0.2, 0.25) is 5.02 Å². The van der Waals surface area contributed by atoms with Crippen molar-refractivity contribution >= 4 is 17.6 Å². The van der Waals surface area contributed by atoms with Crippen LogP contribution in [0.4, 0.5) is 6.01 Å². The van der Waals surface area contributed by atoms with Crippen LogP contribution in [-0.4, -0.2) is 19.1 Å². The minimum atomic E-state index is 0.461. The standard InChI is InChI=1S/C13H15ClN2O2/c1-7-5-9(17-4)11(8(2)12(7)14)10-6-16-13(15-3)18-10/h5-6H,1-4H3,(H,15,16). The van der Waals surface area contributed by atoms with Gasteiger partial charge in [0, 0.05) is 12.1 Å². The van der Waals surface area contributed by atoms with E-state index in [0.717, 1.165) is 22.4 Å². The molecule has 0 aliphatic rings. The number of halogens is 1. The van der Waals surface area contributed by atoms with Crippen LogP contribution in [-0.2, 0) is 0 Å². The van der Waals surface area contributed by atoms with Gasteiger partial charge in [0.25, 0.3) is 6.01 Å². The molecule has 18 heavy (non-hydrogen) atoms. The Morgan fingerprint density at radius 2 is 2.11 bits per heavy atom. The van der Waals surface area contributed by atoms with E-state index in [-0.39, 0.29) is 0 Å². The van der Waals surface area contributed by atoms with Crippen LogP contribution in [0, 0.1) is 13.8 Å². The van der Waals surface area contributed by atoms with Crippen molar-refractivity contribution in [3.05, 3.63) is 28.4 Å². The number of aryl methyl sites for hydroxylation is 1. The summed E-state index contributed by atoms with van der Waals surface area (Å²) in [5.41, 5.74) is 2.73. The number of aromatic nitrogens is 1.